The van der Waals surface area contributed by atoms with Crippen molar-refractivity contribution < 1.29 is 9.59 Å². The molecule has 0 aliphatic heterocycles. The minimum absolute atomic E-state index is 0.121. The summed E-state index contributed by atoms with van der Waals surface area (Å²) in [4.78, 5) is 23.8. The van der Waals surface area contributed by atoms with Gasteiger partial charge in [0.2, 0.25) is 0 Å². The lowest BCUT2D eigenvalue weighted by Crippen LogP contribution is -2.01. The van der Waals surface area contributed by atoms with Crippen LogP contribution in [0, 0.1) is 0 Å². The molecular weight excluding hydrogens is 252 g/mol. The molecule has 4 nitrogen and oxygen atoms in total. The summed E-state index contributed by atoms with van der Waals surface area (Å²) >= 11 is 0. The number of nitrogens with one attached hydrogen (secondary N) is 1. The topological polar surface area (TPSA) is 76.0 Å². The number of aromatic amines is 1. The molecule has 2 aromatic rings. The Morgan fingerprint density at radius 3 is 2.15 bits per heavy atom. The van der Waals surface area contributed by atoms with Gasteiger partial charge in [-0.2, -0.15) is 0 Å². The number of benzene rings is 1. The number of H-pyrrole nitrogens is 1. The van der Waals surface area contributed by atoms with Crippen molar-refractivity contribution in [3.05, 3.63) is 60.3 Å². The number of aromatic nitrogens is 1. The van der Waals surface area contributed by atoms with Gasteiger partial charge in [0.1, 0.15) is 0 Å². The molecule has 20 heavy (non-hydrogen) atoms. The molecule has 4 heteroatoms. The van der Waals surface area contributed by atoms with E-state index in [9.17, 15) is 9.59 Å². The fraction of sp³-hybridized carbons (Fsp3) is 0.125. The zero-order chi connectivity index (χ0) is 14.4. The van der Waals surface area contributed by atoms with Gasteiger partial charge in [-0.25, -0.2) is 0 Å². The van der Waals surface area contributed by atoms with Crippen molar-refractivity contribution in [2.24, 2.45) is 5.73 Å². The fourth-order valence-electron chi connectivity index (χ4n) is 1.93. The molecule has 1 aliphatic carbocycles. The molecule has 0 unspecified atom stereocenters. The summed E-state index contributed by atoms with van der Waals surface area (Å²) in [5.74, 6) is -0.241. The van der Waals surface area contributed by atoms with E-state index in [1.807, 2.05) is 12.3 Å². The summed E-state index contributed by atoms with van der Waals surface area (Å²) in [5.41, 5.74) is 8.01. The molecule has 1 heterocycles. The van der Waals surface area contributed by atoms with Gasteiger partial charge in [-0.1, -0.05) is 18.2 Å². The van der Waals surface area contributed by atoms with Crippen LogP contribution in [0.2, 0.25) is 0 Å². The van der Waals surface area contributed by atoms with E-state index < -0.39 is 0 Å². The van der Waals surface area contributed by atoms with E-state index in [0.717, 1.165) is 6.42 Å². The van der Waals surface area contributed by atoms with Crippen LogP contribution in [0.15, 0.2) is 54.8 Å². The SMILES string of the molecule is NCCc1c[nH]c2ccccc12.O=C1C=CC(=O)C=C1. The second kappa shape index (κ2) is 6.63. The lowest BCUT2D eigenvalue weighted by atomic mass is 10.1. The molecule has 0 radical (unpaired) electrons. The van der Waals surface area contributed by atoms with E-state index in [4.69, 9.17) is 5.73 Å². The predicted octanol–water partition coefficient (Wildman–Crippen LogP) is 1.92. The predicted molar refractivity (Wildman–Crippen MR) is 79.4 cm³/mol. The molecule has 0 saturated carbocycles. The molecule has 3 N–H and O–H groups in total. The highest BCUT2D eigenvalue weighted by atomic mass is 16.1. The molecule has 1 aromatic carbocycles. The van der Waals surface area contributed by atoms with Crippen LogP contribution in [0.5, 0.6) is 0 Å². The Morgan fingerprint density at radius 2 is 1.55 bits per heavy atom. The van der Waals surface area contributed by atoms with Crippen LogP contribution in [0.1, 0.15) is 5.56 Å². The van der Waals surface area contributed by atoms with E-state index in [-0.39, 0.29) is 11.6 Å². The summed E-state index contributed by atoms with van der Waals surface area (Å²) in [6.07, 6.45) is 8.00. The first-order chi connectivity index (χ1) is 9.70. The minimum Gasteiger partial charge on any atom is -0.361 e. The lowest BCUT2D eigenvalue weighted by molar-refractivity contribution is -0.113. The zero-order valence-electron chi connectivity index (χ0n) is 11.0. The van der Waals surface area contributed by atoms with Crippen LogP contribution >= 0.6 is 0 Å². The third-order valence-electron chi connectivity index (χ3n) is 2.91. The number of carbonyl (C=O) groups is 2. The molecule has 1 aromatic heterocycles. The highest BCUT2D eigenvalue weighted by Crippen LogP contribution is 2.17. The normalized spacial score (nSPS) is 13.4. The number of allylic oxidation sites excluding steroid dienone is 4. The molecular formula is C16H16N2O2. The molecule has 1 aliphatic rings. The highest BCUT2D eigenvalue weighted by Gasteiger charge is 2.00. The van der Waals surface area contributed by atoms with Crippen LogP contribution < -0.4 is 5.73 Å². The van der Waals surface area contributed by atoms with Crippen LogP contribution in [-0.4, -0.2) is 23.1 Å². The van der Waals surface area contributed by atoms with E-state index in [0.29, 0.717) is 6.54 Å². The Morgan fingerprint density at radius 1 is 0.950 bits per heavy atom. The van der Waals surface area contributed by atoms with Crippen LogP contribution in [0.3, 0.4) is 0 Å². The van der Waals surface area contributed by atoms with Gasteiger partial charge in [0.25, 0.3) is 0 Å². The minimum atomic E-state index is -0.121. The molecule has 0 saturated heterocycles. The van der Waals surface area contributed by atoms with Crippen LogP contribution in [0.4, 0.5) is 0 Å². The molecule has 102 valence electrons. The molecule has 0 bridgehead atoms. The van der Waals surface area contributed by atoms with E-state index in [2.05, 4.69) is 23.2 Å². The second-order valence-corrected chi connectivity index (χ2v) is 4.37. The quantitative estimate of drug-likeness (QED) is 0.817. The monoisotopic (exact) mass is 268 g/mol. The van der Waals surface area contributed by atoms with Gasteiger partial charge < -0.3 is 10.7 Å². The summed E-state index contributed by atoms with van der Waals surface area (Å²) < 4.78 is 0. The van der Waals surface area contributed by atoms with E-state index in [1.165, 1.54) is 40.8 Å². The van der Waals surface area contributed by atoms with Crippen molar-refractivity contribution in [3.63, 3.8) is 0 Å². The van der Waals surface area contributed by atoms with Crippen LogP contribution in [-0.2, 0) is 16.0 Å². The third kappa shape index (κ3) is 3.52. The zero-order valence-corrected chi connectivity index (χ0v) is 11.0. The van der Waals surface area contributed by atoms with Crippen molar-refractivity contribution >= 4 is 22.5 Å². The number of rotatable bonds is 2. The Labute approximate surface area is 117 Å². The van der Waals surface area contributed by atoms with Crippen molar-refractivity contribution in [2.75, 3.05) is 6.54 Å². The lowest BCUT2D eigenvalue weighted by Gasteiger charge is -1.93. The van der Waals surface area contributed by atoms with Gasteiger partial charge in [0, 0.05) is 17.1 Å². The van der Waals surface area contributed by atoms with Gasteiger partial charge >= 0.3 is 0 Å². The van der Waals surface area contributed by atoms with Gasteiger partial charge in [-0.15, -0.1) is 0 Å². The maximum atomic E-state index is 10.3. The summed E-state index contributed by atoms with van der Waals surface area (Å²) in [6, 6.07) is 8.29. The number of nitrogens with two attached hydrogens (primary N) is 1. The van der Waals surface area contributed by atoms with Gasteiger partial charge in [0.05, 0.1) is 0 Å². The maximum Gasteiger partial charge on any atom is 0.178 e. The van der Waals surface area contributed by atoms with Crippen molar-refractivity contribution in [2.45, 2.75) is 6.42 Å². The molecule has 0 fully saturated rings. The van der Waals surface area contributed by atoms with E-state index >= 15 is 0 Å². The van der Waals surface area contributed by atoms with Gasteiger partial charge in [0.15, 0.2) is 11.6 Å². The first-order valence-corrected chi connectivity index (χ1v) is 6.40. The first-order valence-electron chi connectivity index (χ1n) is 6.40. The Balaban J connectivity index is 0.000000160. The summed E-state index contributed by atoms with van der Waals surface area (Å²) in [5, 5.41) is 1.29. The molecule has 0 atom stereocenters. The second-order valence-electron chi connectivity index (χ2n) is 4.37. The molecule has 0 spiro atoms. The van der Waals surface area contributed by atoms with Crippen molar-refractivity contribution in [3.8, 4) is 0 Å². The number of fused-ring (bicyclic) bond motifs is 1. The van der Waals surface area contributed by atoms with Crippen molar-refractivity contribution in [1.82, 2.24) is 4.98 Å². The Bertz CT molecular complexity index is 643. The number of carbonyl (C=O) groups excluding carboxylic acids is 2. The number of ketones is 2. The standard InChI is InChI=1S/C10H12N2.C6H4O2/c11-6-5-8-7-12-10-4-2-1-3-9(8)10;7-5-1-2-6(8)4-3-5/h1-4,7,12H,5-6,11H2;1-4H. The molecule has 0 amide bonds. The van der Waals surface area contributed by atoms with E-state index in [1.54, 1.807) is 0 Å². The number of hydrogen-bond acceptors (Lipinski definition) is 3. The first kappa shape index (κ1) is 14.0. The smallest absolute Gasteiger partial charge is 0.178 e. The van der Waals surface area contributed by atoms with Crippen molar-refractivity contribution in [1.29, 1.82) is 0 Å². The third-order valence-corrected chi connectivity index (χ3v) is 2.91. The Kier molecular flexibility index (Phi) is 4.63. The average molecular weight is 268 g/mol. The summed E-state index contributed by atoms with van der Waals surface area (Å²) in [6.45, 7) is 0.710. The maximum absolute atomic E-state index is 10.3. The largest absolute Gasteiger partial charge is 0.361 e. The average Bonchev–Trinajstić information content (AvgIpc) is 2.87. The van der Waals surface area contributed by atoms with Gasteiger partial charge in [-0.05, 0) is 48.9 Å². The van der Waals surface area contributed by atoms with Crippen LogP contribution in [0.25, 0.3) is 10.9 Å². The van der Waals surface area contributed by atoms with Gasteiger partial charge in [-0.3, -0.25) is 9.59 Å². The summed E-state index contributed by atoms with van der Waals surface area (Å²) in [7, 11) is 0. The fourth-order valence-corrected chi connectivity index (χ4v) is 1.93. The number of para-hydroxylation sites is 1. The highest BCUT2D eigenvalue weighted by molar-refractivity contribution is 6.14. The Hall–Kier alpha value is -2.46. The molecule has 3 rings (SSSR count). The number of hydrogen-bond donors (Lipinski definition) is 2.